The van der Waals surface area contributed by atoms with Crippen LogP contribution in [-0.4, -0.2) is 53.4 Å². The zero-order chi connectivity index (χ0) is 26.4. The normalized spacial score (nSPS) is 26.1. The highest BCUT2D eigenvalue weighted by Crippen LogP contribution is 2.57. The number of halogens is 3. The molecule has 0 saturated carbocycles. The van der Waals surface area contributed by atoms with Gasteiger partial charge in [-0.25, -0.2) is 4.39 Å². The Morgan fingerprint density at radius 2 is 1.97 bits per heavy atom. The van der Waals surface area contributed by atoms with E-state index in [1.165, 1.54) is 12.1 Å². The Kier molecular flexibility index (Phi) is 7.38. The van der Waals surface area contributed by atoms with Gasteiger partial charge in [-0.2, -0.15) is 0 Å². The summed E-state index contributed by atoms with van der Waals surface area (Å²) in [7, 11) is 0. The second kappa shape index (κ2) is 9.91. The number of benzene rings is 2. The highest BCUT2D eigenvalue weighted by molar-refractivity contribution is 6.31. The number of hydrogen-bond donors (Lipinski definition) is 5. The lowest BCUT2D eigenvalue weighted by atomic mass is 9.62. The first-order valence-corrected chi connectivity index (χ1v) is 12.5. The van der Waals surface area contributed by atoms with Gasteiger partial charge in [0.25, 0.3) is 0 Å². The lowest BCUT2D eigenvalue weighted by molar-refractivity contribution is -0.124. The van der Waals surface area contributed by atoms with Crippen molar-refractivity contribution in [2.45, 2.75) is 56.7 Å². The van der Waals surface area contributed by atoms with Crippen LogP contribution in [0.4, 0.5) is 10.1 Å². The van der Waals surface area contributed by atoms with Gasteiger partial charge in [0.1, 0.15) is 11.2 Å². The largest absolute Gasteiger partial charge is 0.394 e. The molecule has 4 rings (SSSR count). The van der Waals surface area contributed by atoms with E-state index in [0.29, 0.717) is 28.3 Å². The van der Waals surface area contributed by atoms with Crippen molar-refractivity contribution in [2.24, 2.45) is 5.41 Å². The Balaban J connectivity index is 1.94. The molecule has 2 aromatic carbocycles. The van der Waals surface area contributed by atoms with Crippen molar-refractivity contribution < 1.29 is 24.2 Å². The minimum Gasteiger partial charge on any atom is -0.394 e. The van der Waals surface area contributed by atoms with Gasteiger partial charge in [0.05, 0.1) is 23.8 Å². The second-order valence-corrected chi connectivity index (χ2v) is 11.6. The average molecular weight is 538 g/mol. The predicted octanol–water partition coefficient (Wildman–Crippen LogP) is 3.35. The van der Waals surface area contributed by atoms with E-state index in [0.717, 1.165) is 0 Å². The molecule has 0 aromatic heterocycles. The van der Waals surface area contributed by atoms with Crippen molar-refractivity contribution >= 4 is 40.7 Å². The van der Waals surface area contributed by atoms with E-state index in [9.17, 15) is 24.2 Å². The number of fused-ring (bicyclic) bond motifs is 2. The molecule has 2 aromatic rings. The summed E-state index contributed by atoms with van der Waals surface area (Å²) in [6.45, 7) is 5.40. The molecular weight excluding hydrogens is 508 g/mol. The second-order valence-electron chi connectivity index (χ2n) is 10.7. The lowest BCUT2D eigenvalue weighted by Gasteiger charge is -2.37. The molecule has 0 radical (unpaired) electrons. The monoisotopic (exact) mass is 537 g/mol. The molecule has 5 atom stereocenters. The molecule has 1 saturated heterocycles. The summed E-state index contributed by atoms with van der Waals surface area (Å²) in [5.74, 6) is -2.25. The highest BCUT2D eigenvalue weighted by Gasteiger charge is 2.65. The van der Waals surface area contributed by atoms with Crippen LogP contribution in [0.5, 0.6) is 0 Å². The fourth-order valence-electron chi connectivity index (χ4n) is 5.53. The van der Waals surface area contributed by atoms with E-state index in [1.54, 1.807) is 24.3 Å². The zero-order valence-electron chi connectivity index (χ0n) is 20.2. The van der Waals surface area contributed by atoms with Gasteiger partial charge in [0.2, 0.25) is 11.8 Å². The summed E-state index contributed by atoms with van der Waals surface area (Å²) >= 11 is 12.4. The van der Waals surface area contributed by atoms with Crippen molar-refractivity contribution in [3.8, 4) is 0 Å². The van der Waals surface area contributed by atoms with Crippen LogP contribution in [0.25, 0.3) is 0 Å². The van der Waals surface area contributed by atoms with E-state index in [2.05, 4.69) is 16.0 Å². The predicted molar refractivity (Wildman–Crippen MR) is 137 cm³/mol. The average Bonchev–Trinajstić information content (AvgIpc) is 3.26. The molecule has 0 bridgehead atoms. The van der Waals surface area contributed by atoms with Gasteiger partial charge in [0, 0.05) is 29.2 Å². The van der Waals surface area contributed by atoms with Crippen LogP contribution in [-0.2, 0) is 15.0 Å². The zero-order valence-corrected chi connectivity index (χ0v) is 21.8. The Morgan fingerprint density at radius 1 is 1.25 bits per heavy atom. The third kappa shape index (κ3) is 4.73. The summed E-state index contributed by atoms with van der Waals surface area (Å²) < 4.78 is 14.9. The number of aliphatic hydroxyl groups is 2. The van der Waals surface area contributed by atoms with E-state index in [1.807, 2.05) is 20.8 Å². The summed E-state index contributed by atoms with van der Waals surface area (Å²) in [4.78, 5) is 27.5. The van der Waals surface area contributed by atoms with Crippen molar-refractivity contribution in [3.05, 3.63) is 63.4 Å². The smallest absolute Gasteiger partial charge is 0.237 e. The van der Waals surface area contributed by atoms with Gasteiger partial charge in [-0.15, -0.1) is 0 Å². The number of nitrogens with one attached hydrogen (secondary N) is 3. The van der Waals surface area contributed by atoms with Crippen LogP contribution in [0.2, 0.25) is 10.0 Å². The molecule has 194 valence electrons. The molecular formula is C26H30Cl2FN3O4. The van der Waals surface area contributed by atoms with Crippen LogP contribution >= 0.6 is 23.2 Å². The third-order valence-corrected chi connectivity index (χ3v) is 7.44. The van der Waals surface area contributed by atoms with E-state index in [4.69, 9.17) is 23.2 Å². The summed E-state index contributed by atoms with van der Waals surface area (Å²) in [6, 6.07) is 8.13. The number of carbonyl (C=O) groups is 2. The van der Waals surface area contributed by atoms with Crippen LogP contribution in [0, 0.1) is 11.2 Å². The number of hydrogen-bond acceptors (Lipinski definition) is 5. The quantitative estimate of drug-likeness (QED) is 0.388. The number of aliphatic hydroxyl groups excluding tert-OH is 2. The number of amides is 2. The van der Waals surface area contributed by atoms with Crippen molar-refractivity contribution in [1.29, 1.82) is 0 Å². The van der Waals surface area contributed by atoms with Gasteiger partial charge in [-0.05, 0) is 47.2 Å². The standard InChI is InChI=1S/C26H30Cl2FN3O4/c1-25(2,3)10-20-26(16-8-18(29)17(28)9-19(16)31-24(26)36)21(13-5-4-6-14(27)7-13)22(32-20)23(35)30-11-15(34)12-33/h4-9,15,20-22,32-34H,10-12H2,1-3H3,(H,30,35)(H,31,36)/t15-,20+,21-,22+,26?/m0/s1. The van der Waals surface area contributed by atoms with Gasteiger partial charge < -0.3 is 26.2 Å². The van der Waals surface area contributed by atoms with Crippen molar-refractivity contribution in [3.63, 3.8) is 0 Å². The van der Waals surface area contributed by atoms with Crippen LogP contribution in [0.3, 0.4) is 0 Å². The summed E-state index contributed by atoms with van der Waals surface area (Å²) in [5, 5.41) is 28.2. The molecule has 1 spiro atoms. The molecule has 1 fully saturated rings. The molecule has 1 unspecified atom stereocenters. The minimum absolute atomic E-state index is 0.115. The molecule has 2 aliphatic heterocycles. The first-order chi connectivity index (χ1) is 16.9. The molecule has 0 aliphatic carbocycles. The maximum Gasteiger partial charge on any atom is 0.237 e. The first-order valence-electron chi connectivity index (χ1n) is 11.8. The Hall–Kier alpha value is -2.23. The summed E-state index contributed by atoms with van der Waals surface area (Å²) in [6.07, 6.45) is -0.643. The van der Waals surface area contributed by atoms with Gasteiger partial charge >= 0.3 is 0 Å². The Labute approximate surface area is 219 Å². The third-order valence-electron chi connectivity index (χ3n) is 6.91. The van der Waals surface area contributed by atoms with Gasteiger partial charge in [-0.3, -0.25) is 9.59 Å². The van der Waals surface area contributed by atoms with Crippen molar-refractivity contribution in [2.75, 3.05) is 18.5 Å². The number of carbonyl (C=O) groups excluding carboxylic acids is 2. The molecule has 2 amide bonds. The van der Waals surface area contributed by atoms with E-state index in [-0.39, 0.29) is 22.9 Å². The van der Waals surface area contributed by atoms with Crippen LogP contribution in [0.1, 0.15) is 44.2 Å². The number of rotatable bonds is 6. The molecule has 2 aliphatic rings. The lowest BCUT2D eigenvalue weighted by Crippen LogP contribution is -2.49. The molecule has 36 heavy (non-hydrogen) atoms. The fraction of sp³-hybridized carbons (Fsp3) is 0.462. The van der Waals surface area contributed by atoms with Gasteiger partial charge in [0.15, 0.2) is 0 Å². The molecule has 2 heterocycles. The SMILES string of the molecule is CC(C)(C)C[C@H]1N[C@@H](C(=O)NC[C@H](O)CO)[C@H](c2cccc(Cl)c2)C12C(=O)Nc1cc(Cl)c(F)cc12. The van der Waals surface area contributed by atoms with E-state index < -0.39 is 47.9 Å². The fourth-order valence-corrected chi connectivity index (χ4v) is 5.89. The maximum absolute atomic E-state index is 14.9. The van der Waals surface area contributed by atoms with Crippen LogP contribution < -0.4 is 16.0 Å². The Bertz CT molecular complexity index is 1190. The van der Waals surface area contributed by atoms with Crippen LogP contribution in [0.15, 0.2) is 36.4 Å². The Morgan fingerprint density at radius 3 is 2.61 bits per heavy atom. The minimum atomic E-state index is -1.35. The highest BCUT2D eigenvalue weighted by atomic mass is 35.5. The molecule has 7 nitrogen and oxygen atoms in total. The summed E-state index contributed by atoms with van der Waals surface area (Å²) in [5.41, 5.74) is -0.151. The molecule has 5 N–H and O–H groups in total. The van der Waals surface area contributed by atoms with E-state index >= 15 is 0 Å². The first kappa shape index (κ1) is 26.8. The van der Waals surface area contributed by atoms with Crippen molar-refractivity contribution in [1.82, 2.24) is 10.6 Å². The topological polar surface area (TPSA) is 111 Å². The molecule has 10 heteroatoms. The maximum atomic E-state index is 14.9. The number of anilines is 1. The van der Waals surface area contributed by atoms with Gasteiger partial charge in [-0.1, -0.05) is 56.1 Å².